The predicted octanol–water partition coefficient (Wildman–Crippen LogP) is 5.51. The van der Waals surface area contributed by atoms with Crippen LogP contribution in [0.4, 0.5) is 8.78 Å². The van der Waals surface area contributed by atoms with Crippen molar-refractivity contribution in [2.24, 2.45) is 0 Å². The third-order valence-electron chi connectivity index (χ3n) is 4.31. The minimum Gasteiger partial charge on any atom is -0.314 e. The van der Waals surface area contributed by atoms with Crippen molar-refractivity contribution >= 4 is 35.8 Å². The molecular formula is C19H22Cl2F2N2S. The maximum atomic E-state index is 13.3. The molecule has 0 aliphatic carbocycles. The quantitative estimate of drug-likeness (QED) is 0.664. The molecule has 3 rings (SSSR count). The molecule has 0 unspecified atom stereocenters. The molecule has 0 aromatic heterocycles. The summed E-state index contributed by atoms with van der Waals surface area (Å²) in [6.07, 6.45) is -2.47. The van der Waals surface area contributed by atoms with Crippen molar-refractivity contribution in [3.8, 4) is 0 Å². The number of hydrogen-bond donors (Lipinski definition) is 1. The van der Waals surface area contributed by atoms with Crippen LogP contribution in [0.15, 0.2) is 58.3 Å². The lowest BCUT2D eigenvalue weighted by Gasteiger charge is -2.36. The van der Waals surface area contributed by atoms with Gasteiger partial charge in [-0.25, -0.2) is 8.78 Å². The van der Waals surface area contributed by atoms with Gasteiger partial charge < -0.3 is 5.32 Å². The number of benzene rings is 2. The Morgan fingerprint density at radius 1 is 1.04 bits per heavy atom. The van der Waals surface area contributed by atoms with E-state index in [0.29, 0.717) is 5.02 Å². The van der Waals surface area contributed by atoms with E-state index in [9.17, 15) is 8.78 Å². The van der Waals surface area contributed by atoms with E-state index in [-0.39, 0.29) is 24.9 Å². The van der Waals surface area contributed by atoms with E-state index in [1.54, 1.807) is 11.8 Å². The van der Waals surface area contributed by atoms with Crippen LogP contribution >= 0.6 is 35.8 Å². The smallest absolute Gasteiger partial charge is 0.240 e. The van der Waals surface area contributed by atoms with Gasteiger partial charge in [0, 0.05) is 53.5 Å². The molecular weight excluding hydrogens is 397 g/mol. The number of halogens is 4. The number of nitrogens with one attached hydrogen (secondary N) is 1. The van der Waals surface area contributed by atoms with Crippen LogP contribution in [0.3, 0.4) is 0 Å². The van der Waals surface area contributed by atoms with E-state index in [4.69, 9.17) is 11.6 Å². The van der Waals surface area contributed by atoms with Gasteiger partial charge >= 0.3 is 0 Å². The fraction of sp³-hybridized carbons (Fsp3) is 0.368. The van der Waals surface area contributed by atoms with Gasteiger partial charge in [-0.2, -0.15) is 0 Å². The minimum atomic E-state index is -2.33. The number of alkyl halides is 2. The molecule has 7 heteroatoms. The Labute approximate surface area is 168 Å². The Hall–Kier alpha value is -0.850. The third-order valence-corrected chi connectivity index (χ3v) is 5.66. The highest BCUT2D eigenvalue weighted by Crippen LogP contribution is 2.38. The highest BCUT2D eigenvalue weighted by Gasteiger charge is 2.27. The van der Waals surface area contributed by atoms with Crippen molar-refractivity contribution in [2.45, 2.75) is 28.7 Å². The fourth-order valence-electron chi connectivity index (χ4n) is 3.11. The summed E-state index contributed by atoms with van der Waals surface area (Å²) in [5.41, 5.74) is 0.977. The molecule has 26 heavy (non-hydrogen) atoms. The average Bonchev–Trinajstić information content (AvgIpc) is 2.63. The van der Waals surface area contributed by atoms with Crippen molar-refractivity contribution in [2.75, 3.05) is 26.2 Å². The lowest BCUT2D eigenvalue weighted by molar-refractivity contribution is 0.0729. The largest absolute Gasteiger partial charge is 0.314 e. The SMILES string of the molecule is Cl.FC(F)C[C@@H](c1ccccc1Sc1ccc(Cl)cc1)N1CCNCC1. The highest BCUT2D eigenvalue weighted by atomic mass is 35.5. The summed E-state index contributed by atoms with van der Waals surface area (Å²) in [7, 11) is 0. The van der Waals surface area contributed by atoms with Crippen molar-refractivity contribution in [3.05, 3.63) is 59.1 Å². The zero-order valence-corrected chi connectivity index (χ0v) is 16.6. The van der Waals surface area contributed by atoms with E-state index >= 15 is 0 Å². The summed E-state index contributed by atoms with van der Waals surface area (Å²) >= 11 is 7.55. The first-order valence-corrected chi connectivity index (χ1v) is 9.58. The Bertz CT molecular complexity index is 679. The molecule has 0 bridgehead atoms. The highest BCUT2D eigenvalue weighted by molar-refractivity contribution is 7.99. The van der Waals surface area contributed by atoms with Gasteiger partial charge in [-0.05, 0) is 35.9 Å². The van der Waals surface area contributed by atoms with E-state index in [1.807, 2.05) is 48.5 Å². The van der Waals surface area contributed by atoms with Crippen LogP contribution in [0.1, 0.15) is 18.0 Å². The second-order valence-corrected chi connectivity index (χ2v) is 7.57. The molecule has 1 aliphatic heterocycles. The van der Waals surface area contributed by atoms with Gasteiger partial charge in [0.25, 0.3) is 0 Å². The van der Waals surface area contributed by atoms with Crippen LogP contribution in [-0.4, -0.2) is 37.5 Å². The zero-order chi connectivity index (χ0) is 17.6. The van der Waals surface area contributed by atoms with Gasteiger partial charge in [-0.3, -0.25) is 4.90 Å². The van der Waals surface area contributed by atoms with Gasteiger partial charge in [0.05, 0.1) is 0 Å². The van der Waals surface area contributed by atoms with Crippen LogP contribution in [0.2, 0.25) is 5.02 Å². The summed E-state index contributed by atoms with van der Waals surface area (Å²) in [6, 6.07) is 15.2. The van der Waals surface area contributed by atoms with Crippen molar-refractivity contribution < 1.29 is 8.78 Å². The lowest BCUT2D eigenvalue weighted by atomic mass is 10.0. The van der Waals surface area contributed by atoms with Crippen LogP contribution in [0, 0.1) is 0 Å². The fourth-order valence-corrected chi connectivity index (χ4v) is 4.23. The number of nitrogens with zero attached hydrogens (tertiary/aromatic N) is 1. The topological polar surface area (TPSA) is 15.3 Å². The molecule has 1 atom stereocenters. The number of piperazine rings is 1. The third kappa shape index (κ3) is 5.83. The Morgan fingerprint density at radius 3 is 2.35 bits per heavy atom. The van der Waals surface area contributed by atoms with Gasteiger partial charge in [0.2, 0.25) is 6.43 Å². The van der Waals surface area contributed by atoms with Crippen molar-refractivity contribution in [1.82, 2.24) is 10.2 Å². The van der Waals surface area contributed by atoms with Crippen LogP contribution < -0.4 is 5.32 Å². The molecule has 1 heterocycles. The Kier molecular flexibility index (Phi) is 8.64. The molecule has 2 nitrogen and oxygen atoms in total. The second kappa shape index (κ2) is 10.5. The molecule has 2 aromatic rings. The molecule has 1 aliphatic rings. The molecule has 2 aromatic carbocycles. The van der Waals surface area contributed by atoms with Crippen LogP contribution in [0.5, 0.6) is 0 Å². The Morgan fingerprint density at radius 2 is 1.69 bits per heavy atom. The van der Waals surface area contributed by atoms with Gasteiger partial charge in [0.1, 0.15) is 0 Å². The maximum Gasteiger partial charge on any atom is 0.240 e. The number of rotatable bonds is 6. The first-order valence-electron chi connectivity index (χ1n) is 8.39. The monoisotopic (exact) mass is 418 g/mol. The summed E-state index contributed by atoms with van der Waals surface area (Å²) in [5.74, 6) is 0. The average molecular weight is 419 g/mol. The minimum absolute atomic E-state index is 0. The van der Waals surface area contributed by atoms with Gasteiger partial charge in [-0.15, -0.1) is 12.4 Å². The summed E-state index contributed by atoms with van der Waals surface area (Å²) in [4.78, 5) is 4.24. The van der Waals surface area contributed by atoms with Gasteiger partial charge in [-0.1, -0.05) is 41.6 Å². The molecule has 142 valence electrons. The van der Waals surface area contributed by atoms with E-state index < -0.39 is 6.43 Å². The first-order chi connectivity index (χ1) is 12.1. The second-order valence-electron chi connectivity index (χ2n) is 6.02. The first kappa shape index (κ1) is 21.5. The molecule has 0 amide bonds. The normalized spacial score (nSPS) is 16.3. The standard InChI is InChI=1S/C19H21ClF2N2S.ClH/c20-14-5-7-15(8-6-14)25-18-4-2-1-3-16(18)17(13-19(21)22)24-11-9-23-10-12-24;/h1-8,17,19,23H,9-13H2;1H/t17-;/m0./s1. The van der Waals surface area contributed by atoms with Crippen LogP contribution in [0.25, 0.3) is 0 Å². The molecule has 1 N–H and O–H groups in total. The summed E-state index contributed by atoms with van der Waals surface area (Å²) in [6.45, 7) is 3.26. The van der Waals surface area contributed by atoms with Crippen molar-refractivity contribution in [1.29, 1.82) is 0 Å². The van der Waals surface area contributed by atoms with E-state index in [2.05, 4.69) is 10.2 Å². The van der Waals surface area contributed by atoms with E-state index in [1.165, 1.54) is 0 Å². The van der Waals surface area contributed by atoms with Crippen LogP contribution in [-0.2, 0) is 0 Å². The number of hydrogen-bond acceptors (Lipinski definition) is 3. The zero-order valence-electron chi connectivity index (χ0n) is 14.2. The molecule has 0 spiro atoms. The molecule has 1 saturated heterocycles. The van der Waals surface area contributed by atoms with Gasteiger partial charge in [0.15, 0.2) is 0 Å². The molecule has 1 fully saturated rings. The predicted molar refractivity (Wildman–Crippen MR) is 107 cm³/mol. The van der Waals surface area contributed by atoms with E-state index in [0.717, 1.165) is 41.5 Å². The lowest BCUT2D eigenvalue weighted by Crippen LogP contribution is -2.45. The molecule has 0 saturated carbocycles. The maximum absolute atomic E-state index is 13.3. The Balaban J connectivity index is 0.00000243. The molecule has 0 radical (unpaired) electrons. The summed E-state index contributed by atoms with van der Waals surface area (Å²) < 4.78 is 26.5. The summed E-state index contributed by atoms with van der Waals surface area (Å²) in [5, 5.41) is 3.98. The van der Waals surface area contributed by atoms with Crippen molar-refractivity contribution in [3.63, 3.8) is 0 Å².